The van der Waals surface area contributed by atoms with Crippen molar-refractivity contribution in [1.82, 2.24) is 0 Å². The summed E-state index contributed by atoms with van der Waals surface area (Å²) in [5.74, 6) is -0.120. The number of hydrogen-bond acceptors (Lipinski definition) is 3. The molecule has 2 N–H and O–H groups in total. The van der Waals surface area contributed by atoms with E-state index < -0.39 is 0 Å². The van der Waals surface area contributed by atoms with Crippen LogP contribution >= 0.6 is 0 Å². The highest BCUT2D eigenvalue weighted by Gasteiger charge is 2.40. The van der Waals surface area contributed by atoms with Gasteiger partial charge in [0.25, 0.3) is 0 Å². The van der Waals surface area contributed by atoms with Gasteiger partial charge in [0.15, 0.2) is 0 Å². The zero-order valence-electron chi connectivity index (χ0n) is 7.09. The van der Waals surface area contributed by atoms with Crippen LogP contribution in [0, 0.1) is 5.41 Å². The van der Waals surface area contributed by atoms with Gasteiger partial charge in [-0.3, -0.25) is 4.79 Å². The van der Waals surface area contributed by atoms with Crippen molar-refractivity contribution in [2.24, 2.45) is 11.1 Å². The number of rotatable bonds is 1. The Morgan fingerprint density at radius 1 is 1.73 bits per heavy atom. The van der Waals surface area contributed by atoms with Crippen LogP contribution in [0.5, 0.6) is 0 Å². The molecule has 3 heteroatoms. The molecule has 1 saturated carbocycles. The highest BCUT2D eigenvalue weighted by molar-refractivity contribution is 5.76. The summed E-state index contributed by atoms with van der Waals surface area (Å²) in [4.78, 5) is 11.2. The maximum atomic E-state index is 11.2. The molecule has 64 valence electrons. The molecular weight excluding hydrogens is 142 g/mol. The van der Waals surface area contributed by atoms with Crippen molar-refractivity contribution in [2.45, 2.75) is 32.2 Å². The Balaban J connectivity index is 2.61. The number of ether oxygens (including phenoxy) is 1. The second-order valence-electron chi connectivity index (χ2n) is 3.56. The molecule has 1 fully saturated rings. The SMILES string of the molecule is COC(=O)[C@@]1(C)CC[C@H](N)C1. The molecule has 0 radical (unpaired) electrons. The predicted octanol–water partition coefficient (Wildman–Crippen LogP) is 0.677. The van der Waals surface area contributed by atoms with Crippen molar-refractivity contribution < 1.29 is 9.53 Å². The van der Waals surface area contributed by atoms with Gasteiger partial charge in [0, 0.05) is 6.04 Å². The summed E-state index contributed by atoms with van der Waals surface area (Å²) in [5, 5.41) is 0. The molecule has 0 heterocycles. The first-order valence-electron chi connectivity index (χ1n) is 3.92. The fourth-order valence-electron chi connectivity index (χ4n) is 1.72. The second kappa shape index (κ2) is 2.81. The van der Waals surface area contributed by atoms with E-state index in [0.29, 0.717) is 0 Å². The Morgan fingerprint density at radius 2 is 2.36 bits per heavy atom. The van der Waals surface area contributed by atoms with Gasteiger partial charge in [0.1, 0.15) is 0 Å². The average molecular weight is 157 g/mol. The van der Waals surface area contributed by atoms with Gasteiger partial charge < -0.3 is 10.5 Å². The van der Waals surface area contributed by atoms with Crippen LogP contribution in [0.1, 0.15) is 26.2 Å². The minimum absolute atomic E-state index is 0.120. The number of methoxy groups -OCH3 is 1. The van der Waals surface area contributed by atoms with E-state index in [2.05, 4.69) is 0 Å². The molecule has 0 unspecified atom stereocenters. The fourth-order valence-corrected chi connectivity index (χ4v) is 1.72. The monoisotopic (exact) mass is 157 g/mol. The summed E-state index contributed by atoms with van der Waals surface area (Å²) in [6, 6.07) is 0.180. The van der Waals surface area contributed by atoms with Gasteiger partial charge in [-0.2, -0.15) is 0 Å². The van der Waals surface area contributed by atoms with Crippen LogP contribution in [-0.2, 0) is 9.53 Å². The van der Waals surface area contributed by atoms with Gasteiger partial charge >= 0.3 is 5.97 Å². The quantitative estimate of drug-likeness (QED) is 0.569. The Kier molecular flexibility index (Phi) is 2.18. The summed E-state index contributed by atoms with van der Waals surface area (Å²) < 4.78 is 4.69. The van der Waals surface area contributed by atoms with Gasteiger partial charge in [-0.1, -0.05) is 0 Å². The van der Waals surface area contributed by atoms with E-state index in [1.54, 1.807) is 0 Å². The Hall–Kier alpha value is -0.570. The number of hydrogen-bond donors (Lipinski definition) is 1. The molecule has 0 spiro atoms. The van der Waals surface area contributed by atoms with E-state index in [0.717, 1.165) is 19.3 Å². The Bertz CT molecular complexity index is 169. The molecule has 3 nitrogen and oxygen atoms in total. The molecule has 0 bridgehead atoms. The third-order valence-electron chi connectivity index (χ3n) is 2.46. The number of nitrogens with two attached hydrogens (primary N) is 1. The first kappa shape index (κ1) is 8.53. The van der Waals surface area contributed by atoms with Crippen molar-refractivity contribution in [2.75, 3.05) is 7.11 Å². The Labute approximate surface area is 66.9 Å². The van der Waals surface area contributed by atoms with Crippen molar-refractivity contribution in [3.05, 3.63) is 0 Å². The minimum atomic E-state index is -0.311. The smallest absolute Gasteiger partial charge is 0.311 e. The van der Waals surface area contributed by atoms with Crippen LogP contribution in [0.25, 0.3) is 0 Å². The van der Waals surface area contributed by atoms with Crippen LogP contribution in [-0.4, -0.2) is 19.1 Å². The van der Waals surface area contributed by atoms with Crippen LogP contribution < -0.4 is 5.73 Å². The predicted molar refractivity (Wildman–Crippen MR) is 41.9 cm³/mol. The van der Waals surface area contributed by atoms with Crippen LogP contribution in [0.15, 0.2) is 0 Å². The molecule has 1 aliphatic rings. The zero-order valence-corrected chi connectivity index (χ0v) is 7.09. The lowest BCUT2D eigenvalue weighted by atomic mass is 9.89. The molecule has 0 aliphatic heterocycles. The molecule has 0 aromatic rings. The highest BCUT2D eigenvalue weighted by Crippen LogP contribution is 2.37. The van der Waals surface area contributed by atoms with Gasteiger partial charge in [0.05, 0.1) is 12.5 Å². The standard InChI is InChI=1S/C8H15NO2/c1-8(7(10)11-2)4-3-6(9)5-8/h6H,3-5,9H2,1-2H3/t6-,8-/m0/s1. The summed E-state index contributed by atoms with van der Waals surface area (Å²) in [6.45, 7) is 1.92. The van der Waals surface area contributed by atoms with Gasteiger partial charge in [-0.05, 0) is 26.2 Å². The third kappa shape index (κ3) is 1.53. The number of carbonyl (C=O) groups is 1. The van der Waals surface area contributed by atoms with Crippen LogP contribution in [0.2, 0.25) is 0 Å². The topological polar surface area (TPSA) is 52.3 Å². The van der Waals surface area contributed by atoms with Gasteiger partial charge in [-0.25, -0.2) is 0 Å². The first-order chi connectivity index (χ1) is 5.08. The largest absolute Gasteiger partial charge is 0.469 e. The summed E-state index contributed by atoms with van der Waals surface area (Å²) in [7, 11) is 1.43. The number of esters is 1. The first-order valence-corrected chi connectivity index (χ1v) is 3.92. The molecule has 1 aliphatic carbocycles. The normalized spacial score (nSPS) is 37.2. The minimum Gasteiger partial charge on any atom is -0.469 e. The molecular formula is C8H15NO2. The number of carbonyl (C=O) groups excluding carboxylic acids is 1. The maximum Gasteiger partial charge on any atom is 0.311 e. The Morgan fingerprint density at radius 3 is 2.73 bits per heavy atom. The molecule has 0 amide bonds. The molecule has 2 atom stereocenters. The van der Waals surface area contributed by atoms with E-state index in [1.165, 1.54) is 7.11 Å². The molecule has 0 aromatic heterocycles. The summed E-state index contributed by atoms with van der Waals surface area (Å²) >= 11 is 0. The van der Waals surface area contributed by atoms with E-state index >= 15 is 0 Å². The lowest BCUT2D eigenvalue weighted by Gasteiger charge is -2.19. The van der Waals surface area contributed by atoms with Crippen LogP contribution in [0.4, 0.5) is 0 Å². The summed E-state index contributed by atoms with van der Waals surface area (Å²) in [5.41, 5.74) is 5.38. The second-order valence-corrected chi connectivity index (χ2v) is 3.56. The fraction of sp³-hybridized carbons (Fsp3) is 0.875. The molecule has 1 rings (SSSR count). The lowest BCUT2D eigenvalue weighted by molar-refractivity contribution is -0.151. The molecule has 0 aromatic carbocycles. The van der Waals surface area contributed by atoms with E-state index in [4.69, 9.17) is 10.5 Å². The maximum absolute atomic E-state index is 11.2. The van der Waals surface area contributed by atoms with E-state index in [-0.39, 0.29) is 17.4 Å². The average Bonchev–Trinajstić information content (AvgIpc) is 2.31. The third-order valence-corrected chi connectivity index (χ3v) is 2.46. The van der Waals surface area contributed by atoms with E-state index in [9.17, 15) is 4.79 Å². The zero-order chi connectivity index (χ0) is 8.48. The molecule has 0 saturated heterocycles. The van der Waals surface area contributed by atoms with Crippen LogP contribution in [0.3, 0.4) is 0 Å². The lowest BCUT2D eigenvalue weighted by Crippen LogP contribution is -2.28. The van der Waals surface area contributed by atoms with Gasteiger partial charge in [-0.15, -0.1) is 0 Å². The van der Waals surface area contributed by atoms with Crippen molar-refractivity contribution in [1.29, 1.82) is 0 Å². The van der Waals surface area contributed by atoms with Gasteiger partial charge in [0.2, 0.25) is 0 Å². The summed E-state index contributed by atoms with van der Waals surface area (Å²) in [6.07, 6.45) is 2.56. The van der Waals surface area contributed by atoms with Crippen molar-refractivity contribution >= 4 is 5.97 Å². The van der Waals surface area contributed by atoms with Crippen molar-refractivity contribution in [3.8, 4) is 0 Å². The molecule has 11 heavy (non-hydrogen) atoms. The highest BCUT2D eigenvalue weighted by atomic mass is 16.5. The van der Waals surface area contributed by atoms with Crippen molar-refractivity contribution in [3.63, 3.8) is 0 Å². The van der Waals surface area contributed by atoms with E-state index in [1.807, 2.05) is 6.92 Å².